The van der Waals surface area contributed by atoms with Crippen molar-refractivity contribution in [2.24, 2.45) is 0 Å². The lowest BCUT2D eigenvalue weighted by atomic mass is 9.93. The minimum absolute atomic E-state index is 0.113. The van der Waals surface area contributed by atoms with Gasteiger partial charge >= 0.3 is 0 Å². The monoisotopic (exact) mass is 448 g/mol. The molecule has 1 unspecified atom stereocenters. The molecule has 5 heteroatoms. The summed E-state index contributed by atoms with van der Waals surface area (Å²) >= 11 is 0. The number of hydrogen-bond acceptors (Lipinski definition) is 4. The quantitative estimate of drug-likeness (QED) is 0.322. The molecule has 2 aromatic carbocycles. The standard InChI is InChI=1S/C28H36N2O3/c1-6-29(7-2)17-8-18-30-25(22-15-13-21(14-16-22)19(3)4)24(27(32)28(30)33)26(31)23-11-9-20(5)10-12-23/h9-16,19,25,31H,6-8,17-18H2,1-5H3/b26-24+. The van der Waals surface area contributed by atoms with Gasteiger partial charge in [0.1, 0.15) is 5.76 Å². The number of aliphatic hydroxyl groups is 1. The number of benzene rings is 2. The number of amides is 1. The maximum atomic E-state index is 13.1. The molecule has 0 aromatic heterocycles. The smallest absolute Gasteiger partial charge is 0.295 e. The number of rotatable bonds is 9. The first-order valence-corrected chi connectivity index (χ1v) is 12.0. The third-order valence-corrected chi connectivity index (χ3v) is 6.55. The van der Waals surface area contributed by atoms with Gasteiger partial charge in [0, 0.05) is 12.1 Å². The molecule has 1 atom stereocenters. The highest BCUT2D eigenvalue weighted by molar-refractivity contribution is 6.46. The molecule has 1 heterocycles. The second-order valence-corrected chi connectivity index (χ2v) is 9.06. The maximum Gasteiger partial charge on any atom is 0.295 e. The Labute approximate surface area is 197 Å². The molecule has 0 aliphatic carbocycles. The second kappa shape index (κ2) is 10.8. The van der Waals surface area contributed by atoms with Crippen LogP contribution in [0.2, 0.25) is 0 Å². The first kappa shape index (κ1) is 24.7. The van der Waals surface area contributed by atoms with Crippen LogP contribution in [0.5, 0.6) is 0 Å². The summed E-state index contributed by atoms with van der Waals surface area (Å²) in [5.74, 6) is -0.889. The number of Topliss-reactive ketones (excluding diaryl/α,β-unsaturated/α-hetero) is 1. The van der Waals surface area contributed by atoms with Crippen LogP contribution in [0, 0.1) is 6.92 Å². The van der Waals surface area contributed by atoms with Crippen molar-refractivity contribution < 1.29 is 14.7 Å². The zero-order valence-electron chi connectivity index (χ0n) is 20.5. The van der Waals surface area contributed by atoms with Crippen LogP contribution >= 0.6 is 0 Å². The summed E-state index contributed by atoms with van der Waals surface area (Å²) in [5, 5.41) is 11.2. The summed E-state index contributed by atoms with van der Waals surface area (Å²) in [7, 11) is 0. The molecule has 0 bridgehead atoms. The Morgan fingerprint density at radius 2 is 1.61 bits per heavy atom. The molecule has 1 amide bonds. The molecule has 1 saturated heterocycles. The van der Waals surface area contributed by atoms with Gasteiger partial charge in [-0.05, 0) is 50.0 Å². The van der Waals surface area contributed by atoms with Crippen molar-refractivity contribution >= 4 is 17.4 Å². The highest BCUT2D eigenvalue weighted by Gasteiger charge is 2.45. The lowest BCUT2D eigenvalue weighted by molar-refractivity contribution is -0.140. The van der Waals surface area contributed by atoms with Gasteiger partial charge in [-0.3, -0.25) is 9.59 Å². The Morgan fingerprint density at radius 1 is 1.00 bits per heavy atom. The number of carbonyl (C=O) groups excluding carboxylic acids is 2. The van der Waals surface area contributed by atoms with Gasteiger partial charge in [-0.25, -0.2) is 0 Å². The Hall–Kier alpha value is -2.92. The van der Waals surface area contributed by atoms with Gasteiger partial charge in [-0.1, -0.05) is 81.8 Å². The summed E-state index contributed by atoms with van der Waals surface area (Å²) in [6, 6.07) is 14.8. The highest BCUT2D eigenvalue weighted by atomic mass is 16.3. The molecule has 0 spiro atoms. The molecule has 0 saturated carbocycles. The van der Waals surface area contributed by atoms with Crippen LogP contribution in [-0.4, -0.2) is 52.8 Å². The first-order chi connectivity index (χ1) is 15.8. The average molecular weight is 449 g/mol. The Bertz CT molecular complexity index is 1000. The predicted octanol–water partition coefficient (Wildman–Crippen LogP) is 5.27. The van der Waals surface area contributed by atoms with Gasteiger partial charge in [-0.2, -0.15) is 0 Å². The Kier molecular flexibility index (Phi) is 8.09. The topological polar surface area (TPSA) is 60.9 Å². The van der Waals surface area contributed by atoms with Crippen molar-refractivity contribution in [3.63, 3.8) is 0 Å². The van der Waals surface area contributed by atoms with E-state index >= 15 is 0 Å². The van der Waals surface area contributed by atoms with E-state index in [9.17, 15) is 14.7 Å². The van der Waals surface area contributed by atoms with Crippen LogP contribution in [0.3, 0.4) is 0 Å². The van der Waals surface area contributed by atoms with Crippen molar-refractivity contribution in [2.45, 2.75) is 53.0 Å². The molecule has 0 radical (unpaired) electrons. The van der Waals surface area contributed by atoms with Crippen LogP contribution in [0.15, 0.2) is 54.1 Å². The van der Waals surface area contributed by atoms with Gasteiger partial charge in [0.15, 0.2) is 0 Å². The summed E-state index contributed by atoms with van der Waals surface area (Å²) in [5.41, 5.74) is 3.81. The van der Waals surface area contributed by atoms with Gasteiger partial charge in [-0.15, -0.1) is 0 Å². The molecule has 1 N–H and O–H groups in total. The average Bonchev–Trinajstić information content (AvgIpc) is 3.07. The number of likely N-dealkylation sites (tertiary alicyclic amines) is 1. The molecule has 1 fully saturated rings. The van der Waals surface area contributed by atoms with Crippen LogP contribution in [-0.2, 0) is 9.59 Å². The summed E-state index contributed by atoms with van der Waals surface area (Å²) < 4.78 is 0. The summed E-state index contributed by atoms with van der Waals surface area (Å²) in [6.45, 7) is 13.7. The highest BCUT2D eigenvalue weighted by Crippen LogP contribution is 2.39. The first-order valence-electron chi connectivity index (χ1n) is 12.0. The second-order valence-electron chi connectivity index (χ2n) is 9.06. The van der Waals surface area contributed by atoms with Crippen LogP contribution < -0.4 is 0 Å². The van der Waals surface area contributed by atoms with Gasteiger partial charge in [0.2, 0.25) is 0 Å². The van der Waals surface area contributed by atoms with E-state index in [1.165, 1.54) is 5.56 Å². The largest absolute Gasteiger partial charge is 0.507 e. The third kappa shape index (κ3) is 5.36. The lowest BCUT2D eigenvalue weighted by Crippen LogP contribution is -2.33. The van der Waals surface area contributed by atoms with E-state index in [-0.39, 0.29) is 11.3 Å². The maximum absolute atomic E-state index is 13.1. The molecule has 176 valence electrons. The zero-order valence-corrected chi connectivity index (χ0v) is 20.5. The fourth-order valence-corrected chi connectivity index (χ4v) is 4.39. The number of carbonyl (C=O) groups is 2. The molecule has 5 nitrogen and oxygen atoms in total. The number of nitrogens with zero attached hydrogens (tertiary/aromatic N) is 2. The van der Waals surface area contributed by atoms with Gasteiger partial charge in [0.05, 0.1) is 11.6 Å². The fraction of sp³-hybridized carbons (Fsp3) is 0.429. The zero-order chi connectivity index (χ0) is 24.1. The Morgan fingerprint density at radius 3 is 2.15 bits per heavy atom. The molecule has 33 heavy (non-hydrogen) atoms. The molecular weight excluding hydrogens is 412 g/mol. The fourth-order valence-electron chi connectivity index (χ4n) is 4.39. The molecular formula is C28H36N2O3. The number of ketones is 1. The molecule has 1 aliphatic rings. The molecule has 1 aliphatic heterocycles. The number of aryl methyl sites for hydroxylation is 1. The van der Waals surface area contributed by atoms with Crippen LogP contribution in [0.4, 0.5) is 0 Å². The predicted molar refractivity (Wildman–Crippen MR) is 133 cm³/mol. The van der Waals surface area contributed by atoms with E-state index in [1.54, 1.807) is 17.0 Å². The van der Waals surface area contributed by atoms with E-state index in [0.29, 0.717) is 18.0 Å². The van der Waals surface area contributed by atoms with Gasteiger partial charge < -0.3 is 14.9 Å². The van der Waals surface area contributed by atoms with Crippen LogP contribution in [0.1, 0.15) is 68.3 Å². The number of aliphatic hydroxyl groups excluding tert-OH is 1. The van der Waals surface area contributed by atoms with E-state index in [2.05, 4.69) is 32.6 Å². The van der Waals surface area contributed by atoms with E-state index in [0.717, 1.165) is 37.2 Å². The molecule has 3 rings (SSSR count). The third-order valence-electron chi connectivity index (χ3n) is 6.55. The van der Waals surface area contributed by atoms with Gasteiger partial charge in [0.25, 0.3) is 11.7 Å². The van der Waals surface area contributed by atoms with E-state index in [1.807, 2.05) is 43.3 Å². The van der Waals surface area contributed by atoms with E-state index < -0.39 is 17.7 Å². The van der Waals surface area contributed by atoms with Crippen molar-refractivity contribution in [1.82, 2.24) is 9.80 Å². The molecule has 2 aromatic rings. The van der Waals surface area contributed by atoms with Crippen molar-refractivity contribution in [3.8, 4) is 0 Å². The lowest BCUT2D eigenvalue weighted by Gasteiger charge is -2.27. The Balaban J connectivity index is 2.03. The van der Waals surface area contributed by atoms with Crippen LogP contribution in [0.25, 0.3) is 5.76 Å². The van der Waals surface area contributed by atoms with E-state index in [4.69, 9.17) is 0 Å². The SMILES string of the molecule is CCN(CC)CCCN1C(=O)C(=O)/C(=C(/O)c2ccc(C)cc2)C1c1ccc(C(C)C)cc1. The summed E-state index contributed by atoms with van der Waals surface area (Å²) in [4.78, 5) is 30.2. The minimum atomic E-state index is -0.617. The normalized spacial score (nSPS) is 18.0. The van der Waals surface area contributed by atoms with Crippen molar-refractivity contribution in [1.29, 1.82) is 0 Å². The number of hydrogen-bond donors (Lipinski definition) is 1. The van der Waals surface area contributed by atoms with Crippen molar-refractivity contribution in [2.75, 3.05) is 26.2 Å². The van der Waals surface area contributed by atoms with Crippen molar-refractivity contribution in [3.05, 3.63) is 76.4 Å². The summed E-state index contributed by atoms with van der Waals surface area (Å²) in [6.07, 6.45) is 0.764. The minimum Gasteiger partial charge on any atom is -0.507 e.